The molecule has 0 saturated carbocycles. The highest BCUT2D eigenvalue weighted by atomic mass is 19.1. The van der Waals surface area contributed by atoms with Crippen molar-refractivity contribution in [1.82, 2.24) is 5.32 Å². The average molecular weight is 385 g/mol. The number of hydrogen-bond donors (Lipinski definition) is 1. The second-order valence-electron chi connectivity index (χ2n) is 7.06. The van der Waals surface area contributed by atoms with Crippen LogP contribution in [-0.4, -0.2) is 36.6 Å². The molecule has 0 aliphatic carbocycles. The van der Waals surface area contributed by atoms with Crippen LogP contribution in [0.1, 0.15) is 11.1 Å². The van der Waals surface area contributed by atoms with Crippen molar-refractivity contribution < 1.29 is 18.8 Å². The number of halogens is 1. The number of hydrogen-bond acceptors (Lipinski definition) is 5. The number of rotatable bonds is 4. The number of nitro benzene ring substituents is 1. The van der Waals surface area contributed by atoms with Crippen LogP contribution in [0.25, 0.3) is 0 Å². The van der Waals surface area contributed by atoms with Gasteiger partial charge >= 0.3 is 0 Å². The van der Waals surface area contributed by atoms with E-state index < -0.39 is 10.8 Å². The Morgan fingerprint density at radius 2 is 2.18 bits per heavy atom. The van der Waals surface area contributed by atoms with Gasteiger partial charge in [0.05, 0.1) is 30.1 Å². The molecular weight excluding hydrogens is 365 g/mol. The van der Waals surface area contributed by atoms with Crippen LogP contribution >= 0.6 is 0 Å². The molecule has 1 amide bonds. The fourth-order valence-electron chi connectivity index (χ4n) is 3.99. The SMILES string of the molecule is O=C(NCc1cccc(F)c1)[C@@H]1Cc2cc([N+](=O)[O-])ccc2N2CCOC[C@H]12. The van der Waals surface area contributed by atoms with Gasteiger partial charge in [0.25, 0.3) is 5.69 Å². The molecule has 146 valence electrons. The second kappa shape index (κ2) is 7.55. The van der Waals surface area contributed by atoms with E-state index in [1.165, 1.54) is 18.2 Å². The van der Waals surface area contributed by atoms with Crippen LogP contribution in [0, 0.1) is 21.8 Å². The highest BCUT2D eigenvalue weighted by Crippen LogP contribution is 2.37. The van der Waals surface area contributed by atoms with Gasteiger partial charge in [-0.05, 0) is 35.7 Å². The Hall–Kier alpha value is -3.00. The van der Waals surface area contributed by atoms with E-state index in [1.54, 1.807) is 24.3 Å². The predicted molar refractivity (Wildman–Crippen MR) is 100 cm³/mol. The van der Waals surface area contributed by atoms with Crippen LogP contribution in [0.15, 0.2) is 42.5 Å². The lowest BCUT2D eigenvalue weighted by Crippen LogP contribution is -2.56. The van der Waals surface area contributed by atoms with E-state index in [4.69, 9.17) is 4.74 Å². The van der Waals surface area contributed by atoms with E-state index >= 15 is 0 Å². The minimum absolute atomic E-state index is 0.0179. The number of nitrogens with zero attached hydrogens (tertiary/aromatic N) is 2. The molecule has 2 aliphatic rings. The average Bonchev–Trinajstić information content (AvgIpc) is 2.71. The maximum Gasteiger partial charge on any atom is 0.269 e. The molecule has 0 spiro atoms. The lowest BCUT2D eigenvalue weighted by atomic mass is 9.84. The highest BCUT2D eigenvalue weighted by Gasteiger charge is 2.40. The number of morpholine rings is 1. The van der Waals surface area contributed by atoms with Crippen molar-refractivity contribution in [2.45, 2.75) is 19.0 Å². The summed E-state index contributed by atoms with van der Waals surface area (Å²) < 4.78 is 18.9. The molecule has 28 heavy (non-hydrogen) atoms. The highest BCUT2D eigenvalue weighted by molar-refractivity contribution is 5.82. The van der Waals surface area contributed by atoms with Crippen molar-refractivity contribution in [2.75, 3.05) is 24.7 Å². The van der Waals surface area contributed by atoms with Crippen molar-refractivity contribution in [1.29, 1.82) is 0 Å². The number of anilines is 1. The standard InChI is InChI=1S/C20H20FN3O4/c21-15-3-1-2-13(8-15)11-22-20(25)17-10-14-9-16(24(26)27)4-5-18(14)23-6-7-28-12-19(17)23/h1-5,8-9,17,19H,6-7,10-12H2,(H,22,25)/t17-,19-/m1/s1. The number of nitro groups is 1. The molecule has 1 saturated heterocycles. The number of ether oxygens (including phenoxy) is 1. The molecule has 1 N–H and O–H groups in total. The third kappa shape index (κ3) is 3.55. The first-order chi connectivity index (χ1) is 13.5. The van der Waals surface area contributed by atoms with Crippen molar-refractivity contribution >= 4 is 17.3 Å². The van der Waals surface area contributed by atoms with Gasteiger partial charge in [0.15, 0.2) is 0 Å². The van der Waals surface area contributed by atoms with Gasteiger partial charge in [-0.2, -0.15) is 0 Å². The first-order valence-corrected chi connectivity index (χ1v) is 9.17. The molecule has 0 bridgehead atoms. The van der Waals surface area contributed by atoms with Gasteiger partial charge in [0.1, 0.15) is 5.82 Å². The van der Waals surface area contributed by atoms with E-state index in [1.807, 2.05) is 0 Å². The van der Waals surface area contributed by atoms with Gasteiger partial charge in [-0.25, -0.2) is 4.39 Å². The summed E-state index contributed by atoms with van der Waals surface area (Å²) in [5.74, 6) is -0.914. The monoisotopic (exact) mass is 385 g/mol. The molecule has 0 unspecified atom stereocenters. The van der Waals surface area contributed by atoms with Crippen molar-refractivity contribution in [3.8, 4) is 0 Å². The Morgan fingerprint density at radius 1 is 1.32 bits per heavy atom. The summed E-state index contributed by atoms with van der Waals surface area (Å²) in [5, 5.41) is 14.0. The molecule has 1 fully saturated rings. The van der Waals surface area contributed by atoms with Crippen LogP contribution in [-0.2, 0) is 22.5 Å². The maximum absolute atomic E-state index is 13.3. The van der Waals surface area contributed by atoms with E-state index in [2.05, 4.69) is 10.2 Å². The Morgan fingerprint density at radius 3 is 2.96 bits per heavy atom. The quantitative estimate of drug-likeness (QED) is 0.645. The van der Waals surface area contributed by atoms with E-state index in [0.29, 0.717) is 31.7 Å². The number of carbonyl (C=O) groups is 1. The zero-order chi connectivity index (χ0) is 19.7. The first kappa shape index (κ1) is 18.4. The molecule has 7 nitrogen and oxygen atoms in total. The third-order valence-corrected chi connectivity index (χ3v) is 5.35. The molecule has 2 aliphatic heterocycles. The van der Waals surface area contributed by atoms with Gasteiger partial charge in [-0.3, -0.25) is 14.9 Å². The van der Waals surface area contributed by atoms with Crippen LogP contribution in [0.4, 0.5) is 15.8 Å². The number of carbonyl (C=O) groups excluding carboxylic acids is 1. The van der Waals surface area contributed by atoms with Gasteiger partial charge in [-0.1, -0.05) is 12.1 Å². The smallest absolute Gasteiger partial charge is 0.269 e. The molecule has 2 atom stereocenters. The van der Waals surface area contributed by atoms with Crippen LogP contribution < -0.4 is 10.2 Å². The van der Waals surface area contributed by atoms with Crippen LogP contribution in [0.2, 0.25) is 0 Å². The van der Waals surface area contributed by atoms with Gasteiger partial charge in [-0.15, -0.1) is 0 Å². The van der Waals surface area contributed by atoms with E-state index in [9.17, 15) is 19.3 Å². The fraction of sp³-hybridized carbons (Fsp3) is 0.350. The summed E-state index contributed by atoms with van der Waals surface area (Å²) in [4.78, 5) is 25.7. The molecule has 2 aromatic rings. The number of benzene rings is 2. The Balaban J connectivity index is 1.56. The number of non-ortho nitro benzene ring substituents is 1. The molecule has 4 rings (SSSR count). The number of fused-ring (bicyclic) bond motifs is 3. The third-order valence-electron chi connectivity index (χ3n) is 5.35. The normalized spacial score (nSPS) is 20.8. The summed E-state index contributed by atoms with van der Waals surface area (Å²) in [7, 11) is 0. The topological polar surface area (TPSA) is 84.7 Å². The van der Waals surface area contributed by atoms with Crippen molar-refractivity contribution in [2.24, 2.45) is 5.92 Å². The Labute approximate surface area is 161 Å². The molecule has 8 heteroatoms. The zero-order valence-corrected chi connectivity index (χ0v) is 15.1. The van der Waals surface area contributed by atoms with Gasteiger partial charge < -0.3 is 15.0 Å². The molecule has 0 aromatic heterocycles. The summed E-state index contributed by atoms with van der Waals surface area (Å²) >= 11 is 0. The lowest BCUT2D eigenvalue weighted by Gasteiger charge is -2.45. The maximum atomic E-state index is 13.3. The largest absolute Gasteiger partial charge is 0.377 e. The Kier molecular flexibility index (Phi) is 4.95. The van der Waals surface area contributed by atoms with Crippen LogP contribution in [0.3, 0.4) is 0 Å². The summed E-state index contributed by atoms with van der Waals surface area (Å²) in [6, 6.07) is 10.8. The molecular formula is C20H20FN3O4. The fourth-order valence-corrected chi connectivity index (χ4v) is 3.99. The van der Waals surface area contributed by atoms with Gasteiger partial charge in [0, 0.05) is 30.9 Å². The van der Waals surface area contributed by atoms with Gasteiger partial charge in [0.2, 0.25) is 5.91 Å². The zero-order valence-electron chi connectivity index (χ0n) is 15.1. The molecule has 2 aromatic carbocycles. The number of nitrogens with one attached hydrogen (secondary N) is 1. The molecule has 2 heterocycles. The van der Waals surface area contributed by atoms with E-state index in [0.717, 1.165) is 11.3 Å². The minimum Gasteiger partial charge on any atom is -0.377 e. The second-order valence-corrected chi connectivity index (χ2v) is 7.06. The minimum atomic E-state index is -0.426. The van der Waals surface area contributed by atoms with Crippen LogP contribution in [0.5, 0.6) is 0 Å². The predicted octanol–water partition coefficient (Wildman–Crippen LogP) is 2.43. The van der Waals surface area contributed by atoms with Crippen molar-refractivity contribution in [3.05, 3.63) is 69.5 Å². The van der Waals surface area contributed by atoms with Crippen molar-refractivity contribution in [3.63, 3.8) is 0 Å². The summed E-state index contributed by atoms with van der Waals surface area (Å²) in [6.45, 7) is 1.82. The Bertz CT molecular complexity index is 920. The first-order valence-electron chi connectivity index (χ1n) is 9.17. The summed E-state index contributed by atoms with van der Waals surface area (Å²) in [5.41, 5.74) is 2.41. The molecule has 0 radical (unpaired) electrons. The van der Waals surface area contributed by atoms with E-state index in [-0.39, 0.29) is 30.0 Å². The lowest BCUT2D eigenvalue weighted by molar-refractivity contribution is -0.384. The number of amides is 1. The summed E-state index contributed by atoms with van der Waals surface area (Å²) in [6.07, 6.45) is 0.399.